The van der Waals surface area contributed by atoms with Crippen LogP contribution in [0.25, 0.3) is 10.8 Å². The topological polar surface area (TPSA) is 107 Å². The summed E-state index contributed by atoms with van der Waals surface area (Å²) in [6, 6.07) is 23.1. The maximum Gasteiger partial charge on any atom is 0.260 e. The van der Waals surface area contributed by atoms with Crippen LogP contribution in [0.3, 0.4) is 0 Å². The lowest BCUT2D eigenvalue weighted by molar-refractivity contribution is -0.140. The van der Waals surface area contributed by atoms with E-state index in [0.29, 0.717) is 27.2 Å². The smallest absolute Gasteiger partial charge is 0.260 e. The normalized spacial score (nSPS) is 28.3. The Balaban J connectivity index is 1.40. The molecule has 6 atom stereocenters. The Morgan fingerprint density at radius 1 is 0.872 bits per heavy atom. The van der Waals surface area contributed by atoms with Crippen LogP contribution in [0.15, 0.2) is 96.6 Å². The van der Waals surface area contributed by atoms with Gasteiger partial charge in [0.05, 0.1) is 28.9 Å². The molecule has 2 N–H and O–H groups in total. The van der Waals surface area contributed by atoms with Gasteiger partial charge in [0.15, 0.2) is 0 Å². The number of fused-ring (bicyclic) bond motifs is 5. The quantitative estimate of drug-likeness (QED) is 0.209. The first-order valence-corrected chi connectivity index (χ1v) is 15.9. The largest absolute Gasteiger partial charge is 0.507 e. The maximum absolute atomic E-state index is 15.2. The summed E-state index contributed by atoms with van der Waals surface area (Å²) in [5.41, 5.74) is 3.39. The van der Waals surface area contributed by atoms with Gasteiger partial charge in [-0.3, -0.25) is 29.5 Å². The van der Waals surface area contributed by atoms with Crippen molar-refractivity contribution < 1.29 is 28.7 Å². The fourth-order valence-electron chi connectivity index (χ4n) is 8.66. The fraction of sp³-hybridized carbons (Fsp3) is 0.243. The zero-order valence-corrected chi connectivity index (χ0v) is 25.9. The highest BCUT2D eigenvalue weighted by Crippen LogP contribution is 2.65. The van der Waals surface area contributed by atoms with E-state index in [1.54, 1.807) is 36.4 Å². The first kappa shape index (κ1) is 29.4. The minimum absolute atomic E-state index is 0.0278. The predicted molar refractivity (Wildman–Crippen MR) is 172 cm³/mol. The highest BCUT2D eigenvalue weighted by molar-refractivity contribution is 6.30. The molecule has 4 aromatic rings. The molecule has 0 unspecified atom stereocenters. The molecule has 2 aliphatic heterocycles. The molecule has 8 nitrogen and oxygen atoms in total. The van der Waals surface area contributed by atoms with E-state index in [4.69, 9.17) is 11.6 Å². The second kappa shape index (κ2) is 10.5. The van der Waals surface area contributed by atoms with Gasteiger partial charge in [0.25, 0.3) is 11.8 Å². The molecule has 1 saturated carbocycles. The Labute approximate surface area is 274 Å². The summed E-state index contributed by atoms with van der Waals surface area (Å²) in [6.45, 7) is 0. The molecule has 4 aromatic carbocycles. The van der Waals surface area contributed by atoms with Gasteiger partial charge < -0.3 is 5.11 Å². The average molecular weight is 650 g/mol. The van der Waals surface area contributed by atoms with Crippen LogP contribution in [-0.2, 0) is 24.6 Å². The summed E-state index contributed by atoms with van der Waals surface area (Å²) in [7, 11) is 1.48. The second-order valence-electron chi connectivity index (χ2n) is 12.8. The number of benzene rings is 4. The Bertz CT molecular complexity index is 2050. The molecular weight excluding hydrogens is 621 g/mol. The van der Waals surface area contributed by atoms with Crippen molar-refractivity contribution in [1.29, 1.82) is 0 Å². The summed E-state index contributed by atoms with van der Waals surface area (Å²) >= 11 is 6.33. The lowest BCUT2D eigenvalue weighted by Gasteiger charge is -2.50. The predicted octanol–water partition coefficient (Wildman–Crippen LogP) is 5.95. The monoisotopic (exact) mass is 649 g/mol. The number of nitrogens with zero attached hydrogens (tertiary/aromatic N) is 2. The molecule has 10 heteroatoms. The number of hydrogen-bond acceptors (Lipinski definition) is 6. The second-order valence-corrected chi connectivity index (χ2v) is 13.3. The summed E-state index contributed by atoms with van der Waals surface area (Å²) in [6.07, 6.45) is 2.36. The van der Waals surface area contributed by atoms with Crippen LogP contribution >= 0.6 is 11.6 Å². The molecular formula is C37H29ClFN3O5. The van der Waals surface area contributed by atoms with E-state index in [1.165, 1.54) is 36.2 Å². The van der Waals surface area contributed by atoms with Gasteiger partial charge in [-0.1, -0.05) is 71.8 Å². The van der Waals surface area contributed by atoms with E-state index < -0.39 is 52.6 Å². The van der Waals surface area contributed by atoms with E-state index in [1.807, 2.05) is 30.3 Å². The Morgan fingerprint density at radius 3 is 2.34 bits per heavy atom. The Kier molecular flexibility index (Phi) is 6.57. The number of carbonyl (C=O) groups excluding carboxylic acids is 4. The lowest BCUT2D eigenvalue weighted by Crippen LogP contribution is -2.53. The molecule has 2 saturated heterocycles. The van der Waals surface area contributed by atoms with Crippen LogP contribution in [0.4, 0.5) is 10.1 Å². The number of likely N-dealkylation sites (tertiary alicyclic amines) is 1. The number of rotatable bonds is 4. The summed E-state index contributed by atoms with van der Waals surface area (Å²) in [5.74, 6) is -5.85. The number of amides is 4. The number of aromatic hydroxyl groups is 1. The number of carbonyl (C=O) groups is 4. The van der Waals surface area contributed by atoms with Crippen LogP contribution in [0, 0.1) is 29.5 Å². The fourth-order valence-corrected chi connectivity index (χ4v) is 8.79. The molecule has 3 fully saturated rings. The van der Waals surface area contributed by atoms with Crippen molar-refractivity contribution in [3.63, 3.8) is 0 Å². The highest BCUT2D eigenvalue weighted by atomic mass is 35.5. The molecule has 236 valence electrons. The van der Waals surface area contributed by atoms with Crippen LogP contribution in [0.5, 0.6) is 5.75 Å². The molecule has 4 aliphatic rings. The van der Waals surface area contributed by atoms with E-state index in [-0.39, 0.29) is 30.4 Å². The minimum atomic E-state index is -1.57. The van der Waals surface area contributed by atoms with Crippen molar-refractivity contribution in [2.24, 2.45) is 23.7 Å². The van der Waals surface area contributed by atoms with Gasteiger partial charge in [0.1, 0.15) is 11.6 Å². The zero-order valence-electron chi connectivity index (χ0n) is 25.2. The molecule has 0 spiro atoms. The number of hydrazine groups is 1. The van der Waals surface area contributed by atoms with Gasteiger partial charge in [-0.25, -0.2) is 4.39 Å². The van der Waals surface area contributed by atoms with Gasteiger partial charge in [0.2, 0.25) is 11.8 Å². The third-order valence-corrected chi connectivity index (χ3v) is 11.0. The first-order chi connectivity index (χ1) is 22.6. The molecule has 0 bridgehead atoms. The van der Waals surface area contributed by atoms with E-state index in [9.17, 15) is 23.9 Å². The molecule has 0 radical (unpaired) electrons. The Morgan fingerprint density at radius 2 is 1.60 bits per heavy atom. The SMILES string of the molecule is CN1C(=O)[C@H]2[C@H](CC=C3[C@H]2C[C@H]2C(=O)N(Nc4ccc(F)cc4)C(=O)[C@@]2(c2ccc(Cl)cc2)[C@H]3c2ccc3ccccc3c2O)C1=O. The van der Waals surface area contributed by atoms with Crippen molar-refractivity contribution >= 4 is 51.7 Å². The number of hydrogen-bond donors (Lipinski definition) is 2. The lowest BCUT2D eigenvalue weighted by atomic mass is 9.49. The Hall–Kier alpha value is -5.02. The van der Waals surface area contributed by atoms with Crippen molar-refractivity contribution in [2.45, 2.75) is 24.2 Å². The third-order valence-electron chi connectivity index (χ3n) is 10.7. The minimum Gasteiger partial charge on any atom is -0.507 e. The molecule has 0 aromatic heterocycles. The molecule has 2 heterocycles. The third kappa shape index (κ3) is 4.05. The van der Waals surface area contributed by atoms with Gasteiger partial charge in [-0.15, -0.1) is 0 Å². The van der Waals surface area contributed by atoms with Crippen LogP contribution in [-0.4, -0.2) is 45.7 Å². The number of phenols is 1. The molecule has 2 aliphatic carbocycles. The summed E-state index contributed by atoms with van der Waals surface area (Å²) < 4.78 is 13.8. The van der Waals surface area contributed by atoms with E-state index in [2.05, 4.69) is 5.43 Å². The van der Waals surface area contributed by atoms with Gasteiger partial charge >= 0.3 is 0 Å². The molecule has 4 amide bonds. The van der Waals surface area contributed by atoms with Crippen molar-refractivity contribution in [3.8, 4) is 5.75 Å². The number of anilines is 1. The van der Waals surface area contributed by atoms with E-state index in [0.717, 1.165) is 16.0 Å². The van der Waals surface area contributed by atoms with Crippen molar-refractivity contribution in [1.82, 2.24) is 9.91 Å². The highest BCUT2D eigenvalue weighted by Gasteiger charge is 2.70. The van der Waals surface area contributed by atoms with Crippen LogP contribution in [0.1, 0.15) is 29.9 Å². The molecule has 8 rings (SSSR count). The van der Waals surface area contributed by atoms with Crippen molar-refractivity contribution in [2.75, 3.05) is 12.5 Å². The van der Waals surface area contributed by atoms with Crippen LogP contribution < -0.4 is 5.43 Å². The van der Waals surface area contributed by atoms with Crippen molar-refractivity contribution in [3.05, 3.63) is 119 Å². The van der Waals surface area contributed by atoms with Gasteiger partial charge in [-0.2, -0.15) is 5.01 Å². The average Bonchev–Trinajstić information content (AvgIpc) is 3.43. The summed E-state index contributed by atoms with van der Waals surface area (Å²) in [5, 5.41) is 14.8. The van der Waals surface area contributed by atoms with E-state index >= 15 is 4.79 Å². The van der Waals surface area contributed by atoms with Gasteiger partial charge in [-0.05, 0) is 66.1 Å². The number of phenolic OH excluding ortho intramolecular Hbond substituents is 1. The number of imide groups is 2. The maximum atomic E-state index is 15.2. The number of nitrogens with one attached hydrogen (secondary N) is 1. The van der Waals surface area contributed by atoms with Gasteiger partial charge in [0, 0.05) is 28.9 Å². The van der Waals surface area contributed by atoms with Crippen LogP contribution in [0.2, 0.25) is 5.02 Å². The first-order valence-electron chi connectivity index (χ1n) is 15.5. The zero-order chi connectivity index (χ0) is 32.8. The number of halogens is 2. The number of allylic oxidation sites excluding steroid dienone is 2. The standard InChI is InChI=1S/C37H29ClFN3O5/c1-41-33(44)26-17-16-25-28(30(26)35(41)46)18-29-34(45)42(40-23-13-11-22(39)12-14-23)36(47)37(29,20-7-9-21(38)10-8-20)31(25)27-15-6-19-4-2-3-5-24(19)32(27)43/h2-16,26,28-31,40,43H,17-18H2,1H3/t26-,28+,29-,30-,31+,37+/m0/s1. The summed E-state index contributed by atoms with van der Waals surface area (Å²) in [4.78, 5) is 57.8. The molecule has 47 heavy (non-hydrogen) atoms.